The van der Waals surface area contributed by atoms with E-state index < -0.39 is 0 Å². The van der Waals surface area contributed by atoms with Crippen LogP contribution in [0.5, 0.6) is 11.5 Å². The van der Waals surface area contributed by atoms with E-state index in [1.807, 2.05) is 53.4 Å². The Labute approximate surface area is 204 Å². The van der Waals surface area contributed by atoms with E-state index in [1.54, 1.807) is 14.2 Å². The van der Waals surface area contributed by atoms with Crippen molar-refractivity contribution >= 4 is 16.8 Å². The van der Waals surface area contributed by atoms with Gasteiger partial charge in [-0.05, 0) is 48.7 Å². The van der Waals surface area contributed by atoms with Crippen LogP contribution in [0.4, 0.5) is 0 Å². The number of hydrogen-bond donors (Lipinski definition) is 1. The molecule has 0 aliphatic carbocycles. The largest absolute Gasteiger partial charge is 0.497 e. The summed E-state index contributed by atoms with van der Waals surface area (Å²) in [4.78, 5) is 19.3. The Balaban J connectivity index is 1.60. The molecule has 1 fully saturated rings. The number of benzene rings is 3. The lowest BCUT2D eigenvalue weighted by Crippen LogP contribution is -2.35. The summed E-state index contributed by atoms with van der Waals surface area (Å²) in [5.41, 5.74) is 5.66. The van der Waals surface area contributed by atoms with Gasteiger partial charge in [-0.1, -0.05) is 36.4 Å². The van der Waals surface area contributed by atoms with Crippen LogP contribution in [0.2, 0.25) is 0 Å². The van der Waals surface area contributed by atoms with Crippen molar-refractivity contribution < 1.29 is 19.0 Å². The van der Waals surface area contributed by atoms with E-state index in [0.717, 1.165) is 69.8 Å². The van der Waals surface area contributed by atoms with E-state index in [-0.39, 0.29) is 18.1 Å². The summed E-state index contributed by atoms with van der Waals surface area (Å²) in [6, 6.07) is 21.7. The van der Waals surface area contributed by atoms with Crippen LogP contribution in [-0.4, -0.2) is 49.3 Å². The van der Waals surface area contributed by atoms with Crippen molar-refractivity contribution in [2.75, 3.05) is 27.4 Å². The van der Waals surface area contributed by atoms with Crippen LogP contribution in [-0.2, 0) is 4.74 Å². The van der Waals surface area contributed by atoms with Crippen molar-refractivity contribution in [2.45, 2.75) is 25.0 Å². The van der Waals surface area contributed by atoms with Crippen LogP contribution in [0.25, 0.3) is 22.2 Å². The molecule has 178 valence electrons. The monoisotopic (exact) mass is 468 g/mol. The molecule has 3 aromatic carbocycles. The average Bonchev–Trinajstić information content (AvgIpc) is 3.61. The van der Waals surface area contributed by atoms with Gasteiger partial charge in [-0.15, -0.1) is 0 Å². The molecule has 2 aliphatic rings. The third-order valence-corrected chi connectivity index (χ3v) is 7.18. The maximum Gasteiger partial charge on any atom is 0.255 e. The Kier molecular flexibility index (Phi) is 5.46. The summed E-state index contributed by atoms with van der Waals surface area (Å²) in [5, 5.41) is 1.08. The number of hydrogen-bond acceptors (Lipinski definition) is 4. The van der Waals surface area contributed by atoms with Crippen LogP contribution < -0.4 is 9.47 Å². The van der Waals surface area contributed by atoms with Gasteiger partial charge in [0.15, 0.2) is 0 Å². The lowest BCUT2D eigenvalue weighted by Gasteiger charge is -2.29. The number of methoxy groups -OCH3 is 2. The molecule has 35 heavy (non-hydrogen) atoms. The lowest BCUT2D eigenvalue weighted by atomic mass is 9.92. The molecule has 2 aliphatic heterocycles. The summed E-state index contributed by atoms with van der Waals surface area (Å²) in [7, 11) is 3.33. The number of H-pyrrole nitrogens is 1. The van der Waals surface area contributed by atoms with Gasteiger partial charge in [0.2, 0.25) is 0 Å². The highest BCUT2D eigenvalue weighted by Crippen LogP contribution is 2.47. The molecule has 6 rings (SSSR count). The highest BCUT2D eigenvalue weighted by atomic mass is 16.5. The van der Waals surface area contributed by atoms with Gasteiger partial charge < -0.3 is 24.1 Å². The SMILES string of the molecule is COc1ccc(OC)c(-c2[nH]c3ccccc3c2[C@H]2c3ccccc3C(=O)N2C[C@@H]2CCCO2)c1. The number of ether oxygens (including phenoxy) is 3. The molecule has 1 saturated heterocycles. The fourth-order valence-electron chi connectivity index (χ4n) is 5.55. The van der Waals surface area contributed by atoms with Crippen LogP contribution >= 0.6 is 0 Å². The number of carbonyl (C=O) groups is 1. The molecule has 0 radical (unpaired) electrons. The Morgan fingerprint density at radius 2 is 1.83 bits per heavy atom. The van der Waals surface area contributed by atoms with Crippen molar-refractivity contribution in [1.82, 2.24) is 9.88 Å². The first-order valence-electron chi connectivity index (χ1n) is 12.0. The van der Waals surface area contributed by atoms with Gasteiger partial charge in [-0.2, -0.15) is 0 Å². The predicted molar refractivity (Wildman–Crippen MR) is 135 cm³/mol. The molecule has 6 nitrogen and oxygen atoms in total. The molecule has 3 heterocycles. The number of rotatable bonds is 6. The van der Waals surface area contributed by atoms with E-state index in [2.05, 4.69) is 23.2 Å². The second kappa shape index (κ2) is 8.78. The zero-order valence-corrected chi connectivity index (χ0v) is 19.9. The minimum absolute atomic E-state index is 0.0509. The molecule has 1 amide bonds. The number of nitrogens with zero attached hydrogens (tertiary/aromatic N) is 1. The van der Waals surface area contributed by atoms with E-state index in [0.29, 0.717) is 6.54 Å². The van der Waals surface area contributed by atoms with Gasteiger partial charge in [0.1, 0.15) is 11.5 Å². The van der Waals surface area contributed by atoms with Gasteiger partial charge in [0, 0.05) is 40.7 Å². The van der Waals surface area contributed by atoms with Crippen molar-refractivity contribution in [1.29, 1.82) is 0 Å². The van der Waals surface area contributed by atoms with Crippen LogP contribution in [0, 0.1) is 0 Å². The first-order valence-corrected chi connectivity index (χ1v) is 12.0. The minimum atomic E-state index is -0.245. The minimum Gasteiger partial charge on any atom is -0.497 e. The Morgan fingerprint density at radius 3 is 2.63 bits per heavy atom. The quantitative estimate of drug-likeness (QED) is 0.401. The average molecular weight is 469 g/mol. The Morgan fingerprint density at radius 1 is 1.00 bits per heavy atom. The molecular formula is C29H28N2O4. The van der Waals surface area contributed by atoms with Gasteiger partial charge in [-0.3, -0.25) is 4.79 Å². The van der Waals surface area contributed by atoms with Crippen LogP contribution in [0.15, 0.2) is 66.7 Å². The van der Waals surface area contributed by atoms with Gasteiger partial charge >= 0.3 is 0 Å². The van der Waals surface area contributed by atoms with Gasteiger partial charge in [-0.25, -0.2) is 0 Å². The molecule has 0 bridgehead atoms. The third-order valence-electron chi connectivity index (χ3n) is 7.18. The maximum absolute atomic E-state index is 13.7. The van der Waals surface area contributed by atoms with Crippen molar-refractivity contribution in [3.8, 4) is 22.8 Å². The smallest absolute Gasteiger partial charge is 0.255 e. The zero-order valence-electron chi connectivity index (χ0n) is 19.9. The Bertz CT molecular complexity index is 1400. The highest BCUT2D eigenvalue weighted by molar-refractivity contribution is 6.02. The topological polar surface area (TPSA) is 63.8 Å². The van der Waals surface area contributed by atoms with Crippen molar-refractivity contribution in [2.24, 2.45) is 0 Å². The Hall–Kier alpha value is -3.77. The first kappa shape index (κ1) is 21.7. The van der Waals surface area contributed by atoms with Gasteiger partial charge in [0.25, 0.3) is 5.91 Å². The van der Waals surface area contributed by atoms with Crippen LogP contribution in [0.1, 0.15) is 40.4 Å². The highest BCUT2D eigenvalue weighted by Gasteiger charge is 2.41. The lowest BCUT2D eigenvalue weighted by molar-refractivity contribution is 0.0501. The second-order valence-electron chi connectivity index (χ2n) is 9.11. The number of carbonyl (C=O) groups excluding carboxylic acids is 1. The van der Waals surface area contributed by atoms with Gasteiger partial charge in [0.05, 0.1) is 32.1 Å². The first-order chi connectivity index (χ1) is 17.2. The molecule has 2 atom stereocenters. The van der Waals surface area contributed by atoms with E-state index in [1.165, 1.54) is 0 Å². The number of nitrogens with one attached hydrogen (secondary N) is 1. The maximum atomic E-state index is 13.7. The third kappa shape index (κ3) is 3.56. The predicted octanol–water partition coefficient (Wildman–Crippen LogP) is 5.58. The molecule has 0 unspecified atom stereocenters. The summed E-state index contributed by atoms with van der Waals surface area (Å²) in [6.45, 7) is 1.32. The van der Waals surface area contributed by atoms with Crippen molar-refractivity contribution in [3.63, 3.8) is 0 Å². The van der Waals surface area contributed by atoms with Crippen LogP contribution in [0.3, 0.4) is 0 Å². The number of amides is 1. The van der Waals surface area contributed by atoms with E-state index in [4.69, 9.17) is 14.2 Å². The number of aromatic amines is 1. The second-order valence-corrected chi connectivity index (χ2v) is 9.11. The number of para-hydroxylation sites is 1. The molecule has 0 spiro atoms. The molecule has 4 aromatic rings. The fourth-order valence-corrected chi connectivity index (χ4v) is 5.55. The molecule has 6 heteroatoms. The summed E-state index contributed by atoms with van der Waals surface area (Å²) < 4.78 is 17.3. The number of aromatic nitrogens is 1. The molecule has 1 aromatic heterocycles. The normalized spacial score (nSPS) is 19.4. The summed E-state index contributed by atoms with van der Waals surface area (Å²) in [5.74, 6) is 1.53. The summed E-state index contributed by atoms with van der Waals surface area (Å²) >= 11 is 0. The van der Waals surface area contributed by atoms with E-state index >= 15 is 0 Å². The van der Waals surface area contributed by atoms with Crippen molar-refractivity contribution in [3.05, 3.63) is 83.4 Å². The molecular weight excluding hydrogens is 440 g/mol. The molecule has 0 saturated carbocycles. The number of fused-ring (bicyclic) bond motifs is 2. The standard InChI is InChI=1S/C29H28N2O4/c1-33-18-13-14-25(34-2)23(16-18)27-26(22-11-5-6-12-24(22)30-27)28-20-9-3-4-10-21(20)29(32)31(28)17-19-8-7-15-35-19/h3-6,9-14,16,19,28,30H,7-8,15,17H2,1-2H3/t19-,28+/m0/s1. The molecule has 1 N–H and O–H groups in total. The zero-order chi connectivity index (χ0) is 23.9. The van der Waals surface area contributed by atoms with E-state index in [9.17, 15) is 4.79 Å². The fraction of sp³-hybridized carbons (Fsp3) is 0.276. The summed E-state index contributed by atoms with van der Waals surface area (Å²) in [6.07, 6.45) is 2.05.